The molecular formula is C23H29ClFN5O2. The van der Waals surface area contributed by atoms with E-state index in [1.165, 1.54) is 11.0 Å². The molecule has 0 fully saturated rings. The molecule has 2 aromatic carbocycles. The highest BCUT2D eigenvalue weighted by atomic mass is 35.5. The Morgan fingerprint density at radius 1 is 1.22 bits per heavy atom. The summed E-state index contributed by atoms with van der Waals surface area (Å²) in [5.41, 5.74) is 1.12. The van der Waals surface area contributed by atoms with Crippen LogP contribution >= 0.6 is 11.6 Å². The maximum Gasteiger partial charge on any atom is 0.414 e. The second-order valence-electron chi connectivity index (χ2n) is 7.65. The molecule has 0 aliphatic carbocycles. The van der Waals surface area contributed by atoms with E-state index in [9.17, 15) is 9.18 Å². The number of nitrogens with zero attached hydrogens (tertiary/aromatic N) is 3. The number of aromatic amines is 1. The Balaban J connectivity index is 0.00000176. The van der Waals surface area contributed by atoms with Gasteiger partial charge in [0.1, 0.15) is 11.4 Å². The Bertz CT molecular complexity index is 1030. The van der Waals surface area contributed by atoms with Crippen LogP contribution in [-0.2, 0) is 11.3 Å². The van der Waals surface area contributed by atoms with E-state index in [0.29, 0.717) is 28.0 Å². The van der Waals surface area contributed by atoms with Crippen LogP contribution in [0.4, 0.5) is 20.8 Å². The van der Waals surface area contributed by atoms with Crippen LogP contribution in [0, 0.1) is 5.82 Å². The van der Waals surface area contributed by atoms with Crippen LogP contribution in [0.2, 0.25) is 5.02 Å². The van der Waals surface area contributed by atoms with Gasteiger partial charge < -0.3 is 10.1 Å². The highest BCUT2D eigenvalue weighted by molar-refractivity contribution is 6.31. The largest absolute Gasteiger partial charge is 0.443 e. The van der Waals surface area contributed by atoms with Crippen molar-refractivity contribution in [3.8, 4) is 11.4 Å². The molecule has 0 saturated carbocycles. The van der Waals surface area contributed by atoms with Crippen LogP contribution < -0.4 is 10.2 Å². The fourth-order valence-electron chi connectivity index (χ4n) is 2.64. The summed E-state index contributed by atoms with van der Waals surface area (Å²) in [6, 6.07) is 11.7. The summed E-state index contributed by atoms with van der Waals surface area (Å²) in [6.07, 6.45) is -0.457. The van der Waals surface area contributed by atoms with Gasteiger partial charge in [0.05, 0.1) is 0 Å². The quantitative estimate of drug-likeness (QED) is 0.467. The number of halogens is 2. The molecule has 0 unspecified atom stereocenters. The molecule has 1 heterocycles. The smallest absolute Gasteiger partial charge is 0.414 e. The lowest BCUT2D eigenvalue weighted by Crippen LogP contribution is -2.34. The highest BCUT2D eigenvalue weighted by Crippen LogP contribution is 2.24. The first kappa shape index (κ1) is 25.1. The second kappa shape index (κ2) is 10.9. The zero-order valence-electron chi connectivity index (χ0n) is 19.2. The summed E-state index contributed by atoms with van der Waals surface area (Å²) < 4.78 is 19.3. The number of hydrogen-bond acceptors (Lipinski definition) is 5. The van der Waals surface area contributed by atoms with Crippen molar-refractivity contribution in [3.63, 3.8) is 0 Å². The predicted molar refractivity (Wildman–Crippen MR) is 127 cm³/mol. The number of ether oxygens (including phenoxy) is 1. The molecule has 2 N–H and O–H groups in total. The topological polar surface area (TPSA) is 83.1 Å². The number of carbonyl (C=O) groups excluding carboxylic acids is 1. The molecule has 0 atom stereocenters. The van der Waals surface area contributed by atoms with Gasteiger partial charge in [0.25, 0.3) is 0 Å². The van der Waals surface area contributed by atoms with Crippen molar-refractivity contribution in [2.75, 3.05) is 17.3 Å². The van der Waals surface area contributed by atoms with Crippen LogP contribution in [-0.4, -0.2) is 33.9 Å². The van der Waals surface area contributed by atoms with Gasteiger partial charge in [-0.3, -0.25) is 10.00 Å². The third-order valence-electron chi connectivity index (χ3n) is 4.14. The van der Waals surface area contributed by atoms with Crippen LogP contribution in [0.3, 0.4) is 0 Å². The number of amides is 1. The number of benzene rings is 2. The van der Waals surface area contributed by atoms with Crippen molar-refractivity contribution in [1.82, 2.24) is 15.2 Å². The number of nitrogens with one attached hydrogen (secondary N) is 2. The second-order valence-corrected chi connectivity index (χ2v) is 8.06. The van der Waals surface area contributed by atoms with Gasteiger partial charge in [-0.2, -0.15) is 4.98 Å². The number of carbonyl (C=O) groups is 1. The highest BCUT2D eigenvalue weighted by Gasteiger charge is 2.21. The Kier molecular flexibility index (Phi) is 8.60. The Hall–Kier alpha value is -3.13. The van der Waals surface area contributed by atoms with Gasteiger partial charge in [-0.1, -0.05) is 43.6 Å². The number of anilines is 2. The van der Waals surface area contributed by atoms with Gasteiger partial charge >= 0.3 is 6.09 Å². The molecule has 3 rings (SSSR count). The van der Waals surface area contributed by atoms with Crippen LogP contribution in [0.25, 0.3) is 11.4 Å². The molecule has 9 heteroatoms. The third-order valence-corrected chi connectivity index (χ3v) is 4.50. The minimum atomic E-state index is -0.588. The number of rotatable bonds is 5. The van der Waals surface area contributed by atoms with Crippen molar-refractivity contribution in [3.05, 3.63) is 58.9 Å². The molecule has 0 bridgehead atoms. The van der Waals surface area contributed by atoms with E-state index in [0.717, 1.165) is 5.56 Å². The molecular weight excluding hydrogens is 433 g/mol. The van der Waals surface area contributed by atoms with Crippen LogP contribution in [0.15, 0.2) is 42.5 Å². The maximum absolute atomic E-state index is 13.9. The lowest BCUT2D eigenvalue weighted by Gasteiger charge is -2.24. The van der Waals surface area contributed by atoms with Gasteiger partial charge in [-0.15, -0.1) is 5.10 Å². The summed E-state index contributed by atoms with van der Waals surface area (Å²) in [7, 11) is 1.64. The normalized spacial score (nSPS) is 10.8. The fraction of sp³-hybridized carbons (Fsp3) is 0.348. The zero-order valence-corrected chi connectivity index (χ0v) is 19.9. The van der Waals surface area contributed by atoms with Gasteiger partial charge in [0.2, 0.25) is 5.95 Å². The molecule has 0 spiro atoms. The summed E-state index contributed by atoms with van der Waals surface area (Å²) >= 11 is 6.04. The Labute approximate surface area is 193 Å². The van der Waals surface area contributed by atoms with E-state index in [1.807, 2.05) is 40.7 Å². The molecule has 7 nitrogen and oxygen atoms in total. The monoisotopic (exact) mass is 461 g/mol. The predicted octanol–water partition coefficient (Wildman–Crippen LogP) is 6.27. The molecule has 1 amide bonds. The van der Waals surface area contributed by atoms with E-state index < -0.39 is 17.5 Å². The summed E-state index contributed by atoms with van der Waals surface area (Å²) in [5.74, 6) is 0.399. The zero-order chi connectivity index (χ0) is 23.9. The van der Waals surface area contributed by atoms with Crippen molar-refractivity contribution in [2.24, 2.45) is 0 Å². The molecule has 1 aromatic heterocycles. The molecule has 0 aliphatic rings. The van der Waals surface area contributed by atoms with Crippen molar-refractivity contribution >= 4 is 29.3 Å². The van der Waals surface area contributed by atoms with Crippen molar-refractivity contribution in [1.29, 1.82) is 0 Å². The molecule has 0 aliphatic heterocycles. The Morgan fingerprint density at radius 2 is 1.91 bits per heavy atom. The maximum atomic E-state index is 13.9. The van der Waals surface area contributed by atoms with Crippen molar-refractivity contribution in [2.45, 2.75) is 46.8 Å². The summed E-state index contributed by atoms with van der Waals surface area (Å²) in [4.78, 5) is 18.1. The average Bonchev–Trinajstić information content (AvgIpc) is 3.22. The van der Waals surface area contributed by atoms with Gasteiger partial charge in [-0.05, 0) is 45.0 Å². The average molecular weight is 462 g/mol. The lowest BCUT2D eigenvalue weighted by atomic mass is 10.2. The lowest BCUT2D eigenvalue weighted by molar-refractivity contribution is 0.0589. The first-order valence-corrected chi connectivity index (χ1v) is 10.7. The SMILES string of the molecule is CC.CN(C(=O)OC(C)(C)C)c1cccc(-c2nc(NCc3c(F)cccc3Cl)n[nH]2)c1. The molecule has 3 aromatic rings. The number of aromatic nitrogens is 3. The fourth-order valence-corrected chi connectivity index (χ4v) is 2.87. The standard InChI is InChI=1S/C21H23ClFN5O2.C2H6/c1-21(2,3)30-20(29)28(4)14-8-5-7-13(11-14)18-25-19(27-26-18)24-12-15-16(22)9-6-10-17(15)23;1-2/h5-11H,12H2,1-4H3,(H2,24,25,26,27);1-2H3. The van der Waals surface area contributed by atoms with Crippen LogP contribution in [0.5, 0.6) is 0 Å². The van der Waals surface area contributed by atoms with Gasteiger partial charge in [-0.25, -0.2) is 9.18 Å². The molecule has 32 heavy (non-hydrogen) atoms. The molecule has 172 valence electrons. The van der Waals surface area contributed by atoms with E-state index in [4.69, 9.17) is 16.3 Å². The Morgan fingerprint density at radius 3 is 2.56 bits per heavy atom. The number of hydrogen-bond donors (Lipinski definition) is 2. The van der Waals surface area contributed by atoms with E-state index in [1.54, 1.807) is 37.4 Å². The van der Waals surface area contributed by atoms with E-state index in [-0.39, 0.29) is 6.54 Å². The van der Waals surface area contributed by atoms with Crippen molar-refractivity contribution < 1.29 is 13.9 Å². The van der Waals surface area contributed by atoms with E-state index in [2.05, 4.69) is 20.5 Å². The number of H-pyrrole nitrogens is 1. The van der Waals surface area contributed by atoms with E-state index >= 15 is 0 Å². The minimum Gasteiger partial charge on any atom is -0.443 e. The van der Waals surface area contributed by atoms with Gasteiger partial charge in [0.15, 0.2) is 5.82 Å². The first-order valence-electron chi connectivity index (χ1n) is 10.3. The van der Waals surface area contributed by atoms with Gasteiger partial charge in [0, 0.05) is 35.4 Å². The minimum absolute atomic E-state index is 0.143. The summed E-state index contributed by atoms with van der Waals surface area (Å²) in [6.45, 7) is 9.58. The first-order chi connectivity index (χ1) is 15.1. The molecule has 0 saturated heterocycles. The molecule has 0 radical (unpaired) electrons. The third kappa shape index (κ3) is 6.68. The van der Waals surface area contributed by atoms with Crippen LogP contribution in [0.1, 0.15) is 40.2 Å². The summed E-state index contributed by atoms with van der Waals surface area (Å²) in [5, 5.41) is 10.2.